The minimum Gasteiger partial charge on any atom is -0.496 e. The summed E-state index contributed by atoms with van der Waals surface area (Å²) in [6.45, 7) is 5.45. The van der Waals surface area contributed by atoms with Crippen molar-refractivity contribution in [3.05, 3.63) is 53.9 Å². The lowest BCUT2D eigenvalue weighted by molar-refractivity contribution is -0.137. The first kappa shape index (κ1) is 17.5. The number of pyridine rings is 1. The van der Waals surface area contributed by atoms with E-state index in [1.165, 1.54) is 6.20 Å². The second kappa shape index (κ2) is 7.12. The molecule has 0 radical (unpaired) electrons. The van der Waals surface area contributed by atoms with Gasteiger partial charge in [-0.3, -0.25) is 14.6 Å². The van der Waals surface area contributed by atoms with E-state index in [0.717, 1.165) is 11.1 Å². The topological polar surface area (TPSA) is 80.3 Å². The number of hydrogen-bond acceptors (Lipinski definition) is 4. The van der Waals surface area contributed by atoms with E-state index in [9.17, 15) is 9.59 Å². The van der Waals surface area contributed by atoms with E-state index >= 15 is 0 Å². The number of aromatic nitrogens is 1. The van der Waals surface area contributed by atoms with E-state index < -0.39 is 17.4 Å². The molecule has 2 rings (SSSR count). The molecule has 6 heteroatoms. The Hall–Kier alpha value is -2.89. The minimum absolute atomic E-state index is 0.507. The molecule has 6 nitrogen and oxygen atoms in total. The van der Waals surface area contributed by atoms with E-state index in [1.54, 1.807) is 19.4 Å². The number of carbonyl (C=O) groups excluding carboxylic acids is 2. The summed E-state index contributed by atoms with van der Waals surface area (Å²) in [4.78, 5) is 28.3. The summed E-state index contributed by atoms with van der Waals surface area (Å²) >= 11 is 0. The van der Waals surface area contributed by atoms with Gasteiger partial charge in [-0.15, -0.1) is 0 Å². The second-order valence-electron chi connectivity index (χ2n) is 5.92. The quantitative estimate of drug-likeness (QED) is 0.845. The van der Waals surface area contributed by atoms with Crippen molar-refractivity contribution in [2.24, 2.45) is 0 Å². The Bertz CT molecular complexity index is 757. The zero-order valence-electron chi connectivity index (χ0n) is 14.2. The van der Waals surface area contributed by atoms with Gasteiger partial charge < -0.3 is 15.4 Å². The number of hydrogen-bond donors (Lipinski definition) is 2. The Balaban J connectivity index is 2.13. The Kier molecular flexibility index (Phi) is 5.18. The summed E-state index contributed by atoms with van der Waals surface area (Å²) in [7, 11) is 1.56. The van der Waals surface area contributed by atoms with Crippen molar-refractivity contribution in [2.45, 2.75) is 26.3 Å². The fraction of sp³-hybridized carbons (Fsp3) is 0.278. The average Bonchev–Trinajstić information content (AvgIpc) is 2.56. The number of ether oxygens (including phenoxy) is 1. The summed E-state index contributed by atoms with van der Waals surface area (Å²) in [5, 5.41) is 5.30. The molecule has 1 aromatic heterocycles. The first-order valence-electron chi connectivity index (χ1n) is 7.53. The molecular formula is C18H21N3O3. The maximum absolute atomic E-state index is 12.3. The molecule has 24 heavy (non-hydrogen) atoms. The third kappa shape index (κ3) is 3.90. The largest absolute Gasteiger partial charge is 0.496 e. The summed E-state index contributed by atoms with van der Waals surface area (Å²) < 4.78 is 5.32. The van der Waals surface area contributed by atoms with Crippen LogP contribution >= 0.6 is 0 Å². The normalized spacial score (nSPS) is 10.8. The first-order chi connectivity index (χ1) is 11.3. The van der Waals surface area contributed by atoms with Gasteiger partial charge in [-0.2, -0.15) is 0 Å². The van der Waals surface area contributed by atoms with Crippen molar-refractivity contribution in [3.63, 3.8) is 0 Å². The molecule has 2 N–H and O–H groups in total. The van der Waals surface area contributed by atoms with E-state index in [1.807, 2.05) is 45.0 Å². The van der Waals surface area contributed by atoms with Crippen molar-refractivity contribution in [1.82, 2.24) is 10.3 Å². The molecule has 1 aromatic carbocycles. The lowest BCUT2D eigenvalue weighted by Crippen LogP contribution is -2.46. The highest BCUT2D eigenvalue weighted by Crippen LogP contribution is 2.29. The number of nitrogens with one attached hydrogen (secondary N) is 2. The van der Waals surface area contributed by atoms with Crippen LogP contribution < -0.4 is 15.4 Å². The van der Waals surface area contributed by atoms with Gasteiger partial charge in [0.15, 0.2) is 0 Å². The van der Waals surface area contributed by atoms with Crippen LogP contribution in [-0.4, -0.2) is 23.9 Å². The van der Waals surface area contributed by atoms with Gasteiger partial charge >= 0.3 is 11.8 Å². The van der Waals surface area contributed by atoms with Crippen LogP contribution in [0.4, 0.5) is 5.69 Å². The first-order valence-corrected chi connectivity index (χ1v) is 7.53. The van der Waals surface area contributed by atoms with Gasteiger partial charge in [0, 0.05) is 11.8 Å². The second-order valence-corrected chi connectivity index (χ2v) is 5.92. The predicted octanol–water partition coefficient (Wildman–Crippen LogP) is 2.39. The highest BCUT2D eigenvalue weighted by Gasteiger charge is 2.28. The van der Waals surface area contributed by atoms with Crippen LogP contribution in [0.2, 0.25) is 0 Å². The van der Waals surface area contributed by atoms with Gasteiger partial charge in [0.05, 0.1) is 24.5 Å². The van der Waals surface area contributed by atoms with Crippen LogP contribution in [0.1, 0.15) is 25.0 Å². The average molecular weight is 327 g/mol. The lowest BCUT2D eigenvalue weighted by Gasteiger charge is -2.28. The number of nitrogens with zero attached hydrogens (tertiary/aromatic N) is 1. The summed E-state index contributed by atoms with van der Waals surface area (Å²) in [5.41, 5.74) is 1.35. The molecule has 2 aromatic rings. The molecular weight excluding hydrogens is 306 g/mol. The molecule has 0 atom stereocenters. The van der Waals surface area contributed by atoms with Crippen LogP contribution in [0.5, 0.6) is 5.75 Å². The Morgan fingerprint density at radius 1 is 1.12 bits per heavy atom. The van der Waals surface area contributed by atoms with Crippen molar-refractivity contribution in [3.8, 4) is 5.75 Å². The molecule has 0 aliphatic rings. The van der Waals surface area contributed by atoms with Crippen molar-refractivity contribution in [1.29, 1.82) is 0 Å². The Morgan fingerprint density at radius 2 is 1.83 bits per heavy atom. The number of benzene rings is 1. The standard InChI is InChI=1S/C18H21N3O3/c1-12-9-10-19-11-14(12)20-16(22)17(23)21-18(2,3)13-7-5-6-8-15(13)24-4/h5-11H,1-4H3,(H,20,22)(H,21,23). The Morgan fingerprint density at radius 3 is 2.50 bits per heavy atom. The molecule has 0 aliphatic carbocycles. The maximum Gasteiger partial charge on any atom is 0.313 e. The fourth-order valence-corrected chi connectivity index (χ4v) is 2.34. The summed E-state index contributed by atoms with van der Waals surface area (Å²) in [6, 6.07) is 9.11. The smallest absolute Gasteiger partial charge is 0.313 e. The van der Waals surface area contributed by atoms with Crippen molar-refractivity contribution >= 4 is 17.5 Å². The molecule has 0 bridgehead atoms. The van der Waals surface area contributed by atoms with Gasteiger partial charge in [-0.25, -0.2) is 0 Å². The number of rotatable bonds is 4. The highest BCUT2D eigenvalue weighted by molar-refractivity contribution is 6.39. The monoisotopic (exact) mass is 327 g/mol. The van der Waals surface area contributed by atoms with E-state index in [4.69, 9.17) is 4.74 Å². The highest BCUT2D eigenvalue weighted by atomic mass is 16.5. The van der Waals surface area contributed by atoms with Gasteiger partial charge in [-0.1, -0.05) is 18.2 Å². The molecule has 0 unspecified atom stereocenters. The third-order valence-corrected chi connectivity index (χ3v) is 3.70. The third-order valence-electron chi connectivity index (χ3n) is 3.70. The number of anilines is 1. The lowest BCUT2D eigenvalue weighted by atomic mass is 9.93. The van der Waals surface area contributed by atoms with Gasteiger partial charge in [0.2, 0.25) is 0 Å². The van der Waals surface area contributed by atoms with Crippen LogP contribution in [-0.2, 0) is 15.1 Å². The van der Waals surface area contributed by atoms with Crippen LogP contribution in [0.3, 0.4) is 0 Å². The zero-order chi connectivity index (χ0) is 17.7. The van der Waals surface area contributed by atoms with Gasteiger partial charge in [0.1, 0.15) is 5.75 Å². The van der Waals surface area contributed by atoms with Crippen molar-refractivity contribution in [2.75, 3.05) is 12.4 Å². The van der Waals surface area contributed by atoms with Gasteiger partial charge in [-0.05, 0) is 38.5 Å². The number of aryl methyl sites for hydroxylation is 1. The number of amides is 2. The van der Waals surface area contributed by atoms with E-state index in [2.05, 4.69) is 15.6 Å². The zero-order valence-corrected chi connectivity index (χ0v) is 14.2. The van der Waals surface area contributed by atoms with Crippen molar-refractivity contribution < 1.29 is 14.3 Å². The molecule has 0 fully saturated rings. The fourth-order valence-electron chi connectivity index (χ4n) is 2.34. The number of para-hydroxylation sites is 1. The molecule has 126 valence electrons. The minimum atomic E-state index is -0.773. The van der Waals surface area contributed by atoms with E-state index in [-0.39, 0.29) is 0 Å². The van der Waals surface area contributed by atoms with Crippen LogP contribution in [0, 0.1) is 6.92 Å². The molecule has 1 heterocycles. The predicted molar refractivity (Wildman–Crippen MR) is 91.8 cm³/mol. The Labute approximate surface area is 141 Å². The SMILES string of the molecule is COc1ccccc1C(C)(C)NC(=O)C(=O)Nc1cnccc1C. The molecule has 0 aliphatic heterocycles. The molecule has 2 amide bonds. The summed E-state index contributed by atoms with van der Waals surface area (Å²) in [6.07, 6.45) is 3.13. The van der Waals surface area contributed by atoms with Gasteiger partial charge in [0.25, 0.3) is 0 Å². The molecule has 0 spiro atoms. The number of methoxy groups -OCH3 is 1. The number of carbonyl (C=O) groups is 2. The molecule has 0 saturated heterocycles. The maximum atomic E-state index is 12.3. The summed E-state index contributed by atoms with van der Waals surface area (Å²) in [5.74, 6) is -0.824. The van der Waals surface area contributed by atoms with Crippen LogP contribution in [0.25, 0.3) is 0 Å². The van der Waals surface area contributed by atoms with Crippen LogP contribution in [0.15, 0.2) is 42.7 Å². The molecule has 0 saturated carbocycles. The van der Waals surface area contributed by atoms with E-state index in [0.29, 0.717) is 11.4 Å².